The minimum absolute atomic E-state index is 0.0292. The number of carbonyl (C=O) groups excluding carboxylic acids is 1. The number of nitrogens with two attached hydrogens (primary N) is 1. The van der Waals surface area contributed by atoms with Gasteiger partial charge < -0.3 is 30.3 Å². The number of carbonyl (C=O) groups is 1. The van der Waals surface area contributed by atoms with Crippen LogP contribution in [0.5, 0.6) is 0 Å². The van der Waals surface area contributed by atoms with Gasteiger partial charge in [-0.15, -0.1) is 0 Å². The van der Waals surface area contributed by atoms with Crippen LogP contribution in [0.1, 0.15) is 64.0 Å². The summed E-state index contributed by atoms with van der Waals surface area (Å²) >= 11 is 0. The molecule has 3 saturated heterocycles. The number of aromatic nitrogens is 3. The molecule has 5 N–H and O–H groups in total. The molecule has 1 aliphatic carbocycles. The zero-order valence-electron chi connectivity index (χ0n) is 22.3. The Balaban J connectivity index is 1.28. The number of rotatable bonds is 6. The molecular formula is C27H39N8O3+. The summed E-state index contributed by atoms with van der Waals surface area (Å²) in [5.74, 6) is 0.860. The lowest BCUT2D eigenvalue weighted by Crippen LogP contribution is -2.78. The molecule has 204 valence electrons. The average Bonchev–Trinajstić information content (AvgIpc) is 3.58. The van der Waals surface area contributed by atoms with E-state index in [9.17, 15) is 4.79 Å². The van der Waals surface area contributed by atoms with E-state index in [1.54, 1.807) is 19.5 Å². The van der Waals surface area contributed by atoms with Crippen molar-refractivity contribution >= 4 is 34.7 Å². The van der Waals surface area contributed by atoms with Crippen LogP contribution in [0.4, 0.5) is 10.6 Å². The summed E-state index contributed by atoms with van der Waals surface area (Å²) in [4.78, 5) is 25.7. The second-order valence-corrected chi connectivity index (χ2v) is 11.1. The number of aromatic amines is 1. The number of fused-ring (bicyclic) bond motifs is 1. The molecule has 2 aromatic heterocycles. The highest BCUT2D eigenvalue weighted by Crippen LogP contribution is 2.48. The van der Waals surface area contributed by atoms with Gasteiger partial charge in [-0.25, -0.2) is 9.79 Å². The Morgan fingerprint density at radius 3 is 2.92 bits per heavy atom. The highest BCUT2D eigenvalue weighted by atomic mass is 16.5. The largest absolute Gasteiger partial charge is 0.395 e. The number of amides is 2. The Bertz CT molecular complexity index is 1250. The zero-order chi connectivity index (χ0) is 26.3. The number of allylic oxidation sites excluding steroid dienone is 1. The van der Waals surface area contributed by atoms with Gasteiger partial charge in [0.1, 0.15) is 5.70 Å². The first-order valence-electron chi connectivity index (χ1n) is 13.9. The van der Waals surface area contributed by atoms with Gasteiger partial charge >= 0.3 is 6.03 Å². The van der Waals surface area contributed by atoms with Crippen molar-refractivity contribution in [3.8, 4) is 0 Å². The van der Waals surface area contributed by atoms with Crippen LogP contribution in [0.25, 0.3) is 16.6 Å². The van der Waals surface area contributed by atoms with Gasteiger partial charge in [0.2, 0.25) is 0 Å². The second kappa shape index (κ2) is 10.2. The molecule has 0 aromatic carbocycles. The first-order chi connectivity index (χ1) is 18.5. The average molecular weight is 524 g/mol. The third-order valence-electron chi connectivity index (χ3n) is 8.73. The standard InChI is InChI=1S/C27H38N8O3/c1-17-22(37-2)16-34(17)25-18-14-29-20(13-19(18)32-33-25)24(28)21(15-30-23-7-3-6-12-38-23)31-26(36)35-11-5-4-8-27(35)9-10-27/h13-15,17,22-23H,3-12,16,28H2,1-2H3,(H,31,36)(H,32,33)/p+1/b24-21+,30-15+. The van der Waals surface area contributed by atoms with Crippen molar-refractivity contribution < 1.29 is 19.3 Å². The lowest BCUT2D eigenvalue weighted by Gasteiger charge is -2.45. The number of H-pyrrole nitrogens is 1. The third-order valence-corrected chi connectivity index (χ3v) is 8.73. The maximum absolute atomic E-state index is 13.5. The summed E-state index contributed by atoms with van der Waals surface area (Å²) in [6, 6.07) is 2.03. The highest BCUT2D eigenvalue weighted by Gasteiger charge is 2.51. The monoisotopic (exact) mass is 523 g/mol. The number of nitrogens with one attached hydrogen (secondary N) is 3. The maximum Gasteiger partial charge on any atom is 0.322 e. The summed E-state index contributed by atoms with van der Waals surface area (Å²) in [7, 11) is 1.74. The number of methoxy groups -OCH3 is 1. The fraction of sp³-hybridized carbons (Fsp3) is 0.630. The first-order valence-corrected chi connectivity index (χ1v) is 13.9. The minimum atomic E-state index is -0.105. The summed E-state index contributed by atoms with van der Waals surface area (Å²) in [6.07, 6.45) is 12.2. The van der Waals surface area contributed by atoms with Crippen LogP contribution in [0.15, 0.2) is 18.0 Å². The van der Waals surface area contributed by atoms with Gasteiger partial charge in [-0.05, 0) is 57.9 Å². The molecule has 0 radical (unpaired) electrons. The van der Waals surface area contributed by atoms with Crippen molar-refractivity contribution in [2.45, 2.75) is 82.2 Å². The number of hydrogen-bond acceptors (Lipinski definition) is 7. The second-order valence-electron chi connectivity index (χ2n) is 11.1. The molecule has 3 unspecified atom stereocenters. The van der Waals surface area contributed by atoms with E-state index in [2.05, 4.69) is 37.3 Å². The van der Waals surface area contributed by atoms with Crippen molar-refractivity contribution in [3.05, 3.63) is 23.7 Å². The lowest BCUT2D eigenvalue weighted by atomic mass is 10.0. The number of pyridine rings is 1. The van der Waals surface area contributed by atoms with Crippen molar-refractivity contribution in [3.63, 3.8) is 0 Å². The van der Waals surface area contributed by atoms with Crippen LogP contribution in [0, 0.1) is 0 Å². The van der Waals surface area contributed by atoms with Crippen molar-refractivity contribution in [2.75, 3.05) is 31.7 Å². The minimum Gasteiger partial charge on any atom is -0.395 e. The first kappa shape index (κ1) is 25.1. The summed E-state index contributed by atoms with van der Waals surface area (Å²) in [5.41, 5.74) is 9.00. The topological polar surface area (TPSA) is 136 Å². The van der Waals surface area contributed by atoms with Gasteiger partial charge in [-0.2, -0.15) is 5.10 Å². The van der Waals surface area contributed by atoms with Gasteiger partial charge in [0, 0.05) is 38.4 Å². The number of likely N-dealkylation sites (tertiary alicyclic amines) is 1. The van der Waals surface area contributed by atoms with E-state index in [1.165, 1.54) is 6.42 Å². The van der Waals surface area contributed by atoms with Gasteiger partial charge in [0.25, 0.3) is 6.23 Å². The number of piperidine rings is 1. The molecule has 6 rings (SSSR count). The quantitative estimate of drug-likeness (QED) is 0.418. The molecule has 2 amide bonds. The van der Waals surface area contributed by atoms with Crippen molar-refractivity contribution in [2.24, 2.45) is 5.73 Å². The fourth-order valence-corrected chi connectivity index (χ4v) is 6.02. The van der Waals surface area contributed by atoms with E-state index < -0.39 is 0 Å². The number of anilines is 1. The van der Waals surface area contributed by atoms with Crippen LogP contribution in [-0.2, 0) is 9.47 Å². The summed E-state index contributed by atoms with van der Waals surface area (Å²) in [6.45, 7) is 4.42. The Morgan fingerprint density at radius 1 is 1.32 bits per heavy atom. The molecular weight excluding hydrogens is 484 g/mol. The fourth-order valence-electron chi connectivity index (χ4n) is 6.02. The van der Waals surface area contributed by atoms with E-state index in [-0.39, 0.29) is 29.9 Å². The molecule has 5 heterocycles. The van der Waals surface area contributed by atoms with E-state index in [1.807, 2.05) is 11.0 Å². The van der Waals surface area contributed by atoms with Crippen molar-refractivity contribution in [1.29, 1.82) is 0 Å². The molecule has 3 atom stereocenters. The van der Waals surface area contributed by atoms with Crippen LogP contribution in [0.2, 0.25) is 0 Å². The molecule has 1 saturated carbocycles. The molecule has 38 heavy (non-hydrogen) atoms. The Hall–Kier alpha value is -3.18. The highest BCUT2D eigenvalue weighted by molar-refractivity contribution is 5.95. The predicted octanol–water partition coefficient (Wildman–Crippen LogP) is 1.21. The molecule has 11 nitrogen and oxygen atoms in total. The summed E-state index contributed by atoms with van der Waals surface area (Å²) < 4.78 is 11.3. The van der Waals surface area contributed by atoms with Crippen LogP contribution in [0.3, 0.4) is 0 Å². The molecule has 3 aliphatic heterocycles. The number of urea groups is 1. The number of nitrogens with zero attached hydrogens (tertiary/aromatic N) is 4. The molecule has 11 heteroatoms. The normalized spacial score (nSPS) is 27.5. The van der Waals surface area contributed by atoms with E-state index in [0.29, 0.717) is 17.1 Å². The van der Waals surface area contributed by atoms with E-state index >= 15 is 0 Å². The molecule has 4 aliphatic rings. The van der Waals surface area contributed by atoms with Gasteiger partial charge in [0.05, 0.1) is 41.0 Å². The summed E-state index contributed by atoms with van der Waals surface area (Å²) in [5, 5.41) is 11.7. The predicted molar refractivity (Wildman–Crippen MR) is 144 cm³/mol. The Morgan fingerprint density at radius 2 is 2.18 bits per heavy atom. The van der Waals surface area contributed by atoms with E-state index in [4.69, 9.17) is 15.2 Å². The lowest BCUT2D eigenvalue weighted by molar-refractivity contribution is -0.562. The number of ether oxygens (including phenoxy) is 2. The number of hydrogen-bond donors (Lipinski definition) is 4. The van der Waals surface area contributed by atoms with Crippen LogP contribution >= 0.6 is 0 Å². The Labute approximate surface area is 222 Å². The van der Waals surface area contributed by atoms with Crippen LogP contribution in [-0.4, -0.2) is 83.0 Å². The third kappa shape index (κ3) is 4.62. The van der Waals surface area contributed by atoms with Gasteiger partial charge in [-0.1, -0.05) is 0 Å². The molecule has 0 bridgehead atoms. The van der Waals surface area contributed by atoms with Gasteiger partial charge in [0.15, 0.2) is 12.0 Å². The van der Waals surface area contributed by atoms with E-state index in [0.717, 1.165) is 81.4 Å². The SMILES string of the molecule is COC1CN(c2n[nH]c3cc(/C(N)=C(/C=[NH+]/C4CCCCO4)NC(=O)N4CCCCC45CC5)ncc23)C1C. The molecule has 4 fully saturated rings. The molecule has 2 aromatic rings. The van der Waals surface area contributed by atoms with Gasteiger partial charge in [-0.3, -0.25) is 10.1 Å². The molecule has 1 spiro atoms. The van der Waals surface area contributed by atoms with Crippen LogP contribution < -0.4 is 20.9 Å². The smallest absolute Gasteiger partial charge is 0.322 e. The zero-order valence-corrected chi connectivity index (χ0v) is 22.3. The van der Waals surface area contributed by atoms with Crippen molar-refractivity contribution in [1.82, 2.24) is 25.4 Å². The Kier molecular flexibility index (Phi) is 6.73. The maximum atomic E-state index is 13.5.